The standard InChI is InChI=1S/C24H30N2O2/c1-16-13-21(16)22(27)25-20-8-6-7-18(14-20)23(28)26(5)15-17-9-11-19(12-10-17)24(2,3)4/h6-12,14,16,21H,13,15H2,1-5H3,(H,25,27). The molecule has 0 spiro atoms. The van der Waals surface area contributed by atoms with Crippen molar-refractivity contribution in [2.75, 3.05) is 12.4 Å². The van der Waals surface area contributed by atoms with Crippen molar-refractivity contribution in [2.24, 2.45) is 11.8 Å². The summed E-state index contributed by atoms with van der Waals surface area (Å²) in [6, 6.07) is 15.6. The fraction of sp³-hybridized carbons (Fsp3) is 0.417. The van der Waals surface area contributed by atoms with Crippen LogP contribution in [0, 0.1) is 11.8 Å². The topological polar surface area (TPSA) is 49.4 Å². The van der Waals surface area contributed by atoms with Gasteiger partial charge in [0.1, 0.15) is 0 Å². The molecular weight excluding hydrogens is 348 g/mol. The van der Waals surface area contributed by atoms with Crippen LogP contribution in [0.2, 0.25) is 0 Å². The minimum Gasteiger partial charge on any atom is -0.337 e. The highest BCUT2D eigenvalue weighted by Gasteiger charge is 2.39. The summed E-state index contributed by atoms with van der Waals surface area (Å²) in [4.78, 5) is 26.7. The van der Waals surface area contributed by atoms with Crippen molar-refractivity contribution in [2.45, 2.75) is 46.1 Å². The summed E-state index contributed by atoms with van der Waals surface area (Å²) in [5.74, 6) is 0.555. The number of benzene rings is 2. The minimum atomic E-state index is -0.0595. The third kappa shape index (κ3) is 4.80. The predicted molar refractivity (Wildman–Crippen MR) is 113 cm³/mol. The van der Waals surface area contributed by atoms with Gasteiger partial charge in [-0.3, -0.25) is 9.59 Å². The number of nitrogens with one attached hydrogen (secondary N) is 1. The molecule has 0 radical (unpaired) electrons. The lowest BCUT2D eigenvalue weighted by atomic mass is 9.87. The number of amides is 2. The summed E-state index contributed by atoms with van der Waals surface area (Å²) in [6.45, 7) is 9.18. The maximum Gasteiger partial charge on any atom is 0.253 e. The van der Waals surface area contributed by atoms with Gasteiger partial charge < -0.3 is 10.2 Å². The Kier molecular flexibility index (Phi) is 5.59. The lowest BCUT2D eigenvalue weighted by Crippen LogP contribution is -2.26. The molecule has 1 N–H and O–H groups in total. The zero-order valence-electron chi connectivity index (χ0n) is 17.5. The van der Waals surface area contributed by atoms with Crippen LogP contribution in [0.3, 0.4) is 0 Å². The largest absolute Gasteiger partial charge is 0.337 e. The van der Waals surface area contributed by atoms with Crippen LogP contribution in [0.4, 0.5) is 5.69 Å². The zero-order valence-corrected chi connectivity index (χ0v) is 17.5. The Hall–Kier alpha value is -2.62. The SMILES string of the molecule is CC1CC1C(=O)Nc1cccc(C(=O)N(C)Cc2ccc(C(C)(C)C)cc2)c1. The second-order valence-corrected chi connectivity index (χ2v) is 9.00. The number of rotatable bonds is 5. The predicted octanol–water partition coefficient (Wildman–Crippen LogP) is 4.85. The van der Waals surface area contributed by atoms with E-state index in [9.17, 15) is 9.59 Å². The van der Waals surface area contributed by atoms with E-state index in [1.165, 1.54) is 5.56 Å². The van der Waals surface area contributed by atoms with Crippen molar-refractivity contribution in [3.05, 3.63) is 65.2 Å². The fourth-order valence-corrected chi connectivity index (χ4v) is 3.33. The summed E-state index contributed by atoms with van der Waals surface area (Å²) in [5.41, 5.74) is 3.74. The van der Waals surface area contributed by atoms with Gasteiger partial charge in [-0.1, -0.05) is 58.0 Å². The molecule has 148 valence electrons. The molecule has 0 heterocycles. The van der Waals surface area contributed by atoms with Crippen LogP contribution in [-0.4, -0.2) is 23.8 Å². The molecule has 0 saturated heterocycles. The number of carbonyl (C=O) groups excluding carboxylic acids is 2. The first-order valence-electron chi connectivity index (χ1n) is 9.91. The number of carbonyl (C=O) groups is 2. The first-order valence-corrected chi connectivity index (χ1v) is 9.91. The Morgan fingerprint density at radius 2 is 1.75 bits per heavy atom. The fourth-order valence-electron chi connectivity index (χ4n) is 3.33. The van der Waals surface area contributed by atoms with E-state index in [0.29, 0.717) is 23.7 Å². The van der Waals surface area contributed by atoms with Gasteiger partial charge in [-0.25, -0.2) is 0 Å². The van der Waals surface area contributed by atoms with Crippen LogP contribution in [0.15, 0.2) is 48.5 Å². The molecule has 2 amide bonds. The highest BCUT2D eigenvalue weighted by molar-refractivity contribution is 5.98. The molecule has 4 nitrogen and oxygen atoms in total. The van der Waals surface area contributed by atoms with Crippen molar-refractivity contribution < 1.29 is 9.59 Å². The molecule has 3 rings (SSSR count). The maximum atomic E-state index is 12.8. The van der Waals surface area contributed by atoms with Crippen molar-refractivity contribution in [1.82, 2.24) is 4.90 Å². The Morgan fingerprint density at radius 3 is 2.32 bits per heavy atom. The molecule has 1 aliphatic rings. The van der Waals surface area contributed by atoms with Gasteiger partial charge in [-0.15, -0.1) is 0 Å². The van der Waals surface area contributed by atoms with Gasteiger partial charge in [0, 0.05) is 30.8 Å². The maximum absolute atomic E-state index is 12.8. The molecule has 2 atom stereocenters. The van der Waals surface area contributed by atoms with Crippen molar-refractivity contribution >= 4 is 17.5 Å². The van der Waals surface area contributed by atoms with Gasteiger partial charge in [0.25, 0.3) is 5.91 Å². The Labute approximate surface area is 167 Å². The second kappa shape index (κ2) is 7.78. The van der Waals surface area contributed by atoms with E-state index in [-0.39, 0.29) is 23.1 Å². The van der Waals surface area contributed by atoms with E-state index in [0.717, 1.165) is 12.0 Å². The molecule has 0 aliphatic heterocycles. The highest BCUT2D eigenvalue weighted by atomic mass is 16.2. The quantitative estimate of drug-likeness (QED) is 0.808. The van der Waals surface area contributed by atoms with E-state index >= 15 is 0 Å². The highest BCUT2D eigenvalue weighted by Crippen LogP contribution is 2.38. The molecule has 2 aromatic rings. The van der Waals surface area contributed by atoms with Crippen LogP contribution < -0.4 is 5.32 Å². The van der Waals surface area contributed by atoms with Crippen LogP contribution in [0.5, 0.6) is 0 Å². The van der Waals surface area contributed by atoms with Crippen molar-refractivity contribution in [3.8, 4) is 0 Å². The van der Waals surface area contributed by atoms with Crippen LogP contribution in [-0.2, 0) is 16.8 Å². The first kappa shape index (κ1) is 20.1. The monoisotopic (exact) mass is 378 g/mol. The normalized spacial score (nSPS) is 18.5. The van der Waals surface area contributed by atoms with Gasteiger partial charge in [0.15, 0.2) is 0 Å². The molecule has 1 saturated carbocycles. The summed E-state index contributed by atoms with van der Waals surface area (Å²) < 4.78 is 0. The lowest BCUT2D eigenvalue weighted by molar-refractivity contribution is -0.117. The summed E-state index contributed by atoms with van der Waals surface area (Å²) in [5, 5.41) is 2.93. The van der Waals surface area contributed by atoms with E-state index in [1.54, 1.807) is 24.1 Å². The van der Waals surface area contributed by atoms with Gasteiger partial charge >= 0.3 is 0 Å². The molecule has 28 heavy (non-hydrogen) atoms. The molecule has 1 fully saturated rings. The molecule has 4 heteroatoms. The van der Waals surface area contributed by atoms with E-state index in [2.05, 4.69) is 57.3 Å². The molecule has 2 aromatic carbocycles. The third-order valence-electron chi connectivity index (χ3n) is 5.41. The number of hydrogen-bond donors (Lipinski definition) is 1. The van der Waals surface area contributed by atoms with Crippen molar-refractivity contribution in [1.29, 1.82) is 0 Å². The molecule has 2 unspecified atom stereocenters. The third-order valence-corrected chi connectivity index (χ3v) is 5.41. The lowest BCUT2D eigenvalue weighted by Gasteiger charge is -2.21. The molecule has 0 aromatic heterocycles. The average Bonchev–Trinajstić information content (AvgIpc) is 3.38. The van der Waals surface area contributed by atoms with E-state index in [1.807, 2.05) is 12.1 Å². The van der Waals surface area contributed by atoms with Crippen LogP contribution >= 0.6 is 0 Å². The van der Waals surface area contributed by atoms with Crippen molar-refractivity contribution in [3.63, 3.8) is 0 Å². The first-order chi connectivity index (χ1) is 13.1. The Bertz CT molecular complexity index is 865. The van der Waals surface area contributed by atoms with E-state index in [4.69, 9.17) is 0 Å². The molecule has 0 bridgehead atoms. The summed E-state index contributed by atoms with van der Waals surface area (Å²) in [7, 11) is 1.80. The number of hydrogen-bond acceptors (Lipinski definition) is 2. The minimum absolute atomic E-state index is 0.0457. The number of anilines is 1. The summed E-state index contributed by atoms with van der Waals surface area (Å²) >= 11 is 0. The smallest absolute Gasteiger partial charge is 0.253 e. The van der Waals surface area contributed by atoms with Gasteiger partial charge in [-0.2, -0.15) is 0 Å². The molecular formula is C24H30N2O2. The Morgan fingerprint density at radius 1 is 1.11 bits per heavy atom. The number of nitrogens with zero attached hydrogens (tertiary/aromatic N) is 1. The van der Waals surface area contributed by atoms with Gasteiger partial charge in [0.05, 0.1) is 0 Å². The average molecular weight is 379 g/mol. The molecule has 1 aliphatic carbocycles. The van der Waals surface area contributed by atoms with Crippen LogP contribution in [0.25, 0.3) is 0 Å². The van der Waals surface area contributed by atoms with E-state index < -0.39 is 0 Å². The zero-order chi connectivity index (χ0) is 20.5. The van der Waals surface area contributed by atoms with Gasteiger partial charge in [-0.05, 0) is 47.1 Å². The second-order valence-electron chi connectivity index (χ2n) is 9.00. The summed E-state index contributed by atoms with van der Waals surface area (Å²) in [6.07, 6.45) is 0.946. The van der Waals surface area contributed by atoms with Crippen LogP contribution in [0.1, 0.15) is 55.6 Å². The van der Waals surface area contributed by atoms with Gasteiger partial charge in [0.2, 0.25) is 5.91 Å². The Balaban J connectivity index is 1.64.